The number of pyridine rings is 1. The fourth-order valence-electron chi connectivity index (χ4n) is 4.16. The molecule has 1 N–H and O–H groups in total. The zero-order valence-electron chi connectivity index (χ0n) is 14.8. The number of carbonyl (C=O) groups is 2. The van der Waals surface area contributed by atoms with Crippen molar-refractivity contribution in [1.29, 1.82) is 0 Å². The van der Waals surface area contributed by atoms with Crippen LogP contribution in [0.1, 0.15) is 39.1 Å². The van der Waals surface area contributed by atoms with Gasteiger partial charge >= 0.3 is 6.18 Å². The summed E-state index contributed by atoms with van der Waals surface area (Å²) in [6, 6.07) is 7.36. The van der Waals surface area contributed by atoms with Gasteiger partial charge in [0.2, 0.25) is 0 Å². The molecular weight excluding hydrogens is 371 g/mol. The number of fused-ring (bicyclic) bond motifs is 2. The van der Waals surface area contributed by atoms with Gasteiger partial charge in [0.1, 0.15) is 0 Å². The van der Waals surface area contributed by atoms with Crippen LogP contribution < -0.4 is 5.32 Å². The van der Waals surface area contributed by atoms with E-state index in [1.165, 1.54) is 18.3 Å². The summed E-state index contributed by atoms with van der Waals surface area (Å²) in [6.45, 7) is 0.499. The number of aromatic nitrogens is 1. The number of rotatable bonds is 3. The zero-order chi connectivity index (χ0) is 19.9. The van der Waals surface area contributed by atoms with E-state index in [0.717, 1.165) is 25.0 Å². The summed E-state index contributed by atoms with van der Waals surface area (Å²) in [7, 11) is 0. The van der Waals surface area contributed by atoms with Crippen LogP contribution in [0, 0.1) is 5.92 Å². The Hall–Kier alpha value is -2.90. The molecule has 1 saturated carbocycles. The maximum absolute atomic E-state index is 12.9. The fourth-order valence-corrected chi connectivity index (χ4v) is 4.16. The van der Waals surface area contributed by atoms with Crippen molar-refractivity contribution in [3.8, 4) is 0 Å². The van der Waals surface area contributed by atoms with Crippen LogP contribution in [0.4, 0.5) is 13.2 Å². The smallest absolute Gasteiger partial charge is 0.347 e. The van der Waals surface area contributed by atoms with Crippen LogP contribution in [0.2, 0.25) is 0 Å². The van der Waals surface area contributed by atoms with Crippen molar-refractivity contribution in [2.75, 3.05) is 6.54 Å². The number of halogens is 3. The highest BCUT2D eigenvalue weighted by Gasteiger charge is 2.47. The number of likely N-dealkylation sites (tertiary alicyclic amines) is 1. The number of nitrogens with one attached hydrogen (secondary N) is 1. The first kappa shape index (κ1) is 18.5. The maximum Gasteiger partial charge on any atom is 0.416 e. The van der Waals surface area contributed by atoms with Crippen LogP contribution in [0.15, 0.2) is 48.8 Å². The van der Waals surface area contributed by atoms with Gasteiger partial charge in [-0.05, 0) is 49.1 Å². The molecule has 8 heteroatoms. The van der Waals surface area contributed by atoms with Crippen LogP contribution in [-0.4, -0.2) is 40.3 Å². The number of hydrogen-bond donors (Lipinski definition) is 1. The van der Waals surface area contributed by atoms with Crippen molar-refractivity contribution in [3.63, 3.8) is 0 Å². The van der Waals surface area contributed by atoms with Crippen LogP contribution in [0.3, 0.4) is 0 Å². The van der Waals surface area contributed by atoms with E-state index in [0.29, 0.717) is 12.1 Å². The first-order chi connectivity index (χ1) is 13.3. The maximum atomic E-state index is 12.9. The molecule has 0 spiro atoms. The van der Waals surface area contributed by atoms with E-state index in [9.17, 15) is 22.8 Å². The molecule has 3 atom stereocenters. The molecule has 1 aromatic heterocycles. The Labute approximate surface area is 159 Å². The Bertz CT molecular complexity index is 901. The highest BCUT2D eigenvalue weighted by atomic mass is 19.4. The van der Waals surface area contributed by atoms with Gasteiger partial charge in [-0.2, -0.15) is 13.2 Å². The largest absolute Gasteiger partial charge is 0.416 e. The second-order valence-corrected chi connectivity index (χ2v) is 7.26. The van der Waals surface area contributed by atoms with Crippen LogP contribution >= 0.6 is 0 Å². The fraction of sp³-hybridized carbons (Fsp3) is 0.350. The van der Waals surface area contributed by atoms with Gasteiger partial charge in [-0.3, -0.25) is 14.6 Å². The summed E-state index contributed by atoms with van der Waals surface area (Å²) >= 11 is 0. The Morgan fingerprint density at radius 1 is 1.11 bits per heavy atom. The number of alkyl halides is 3. The van der Waals surface area contributed by atoms with Crippen molar-refractivity contribution in [2.45, 2.75) is 31.1 Å². The molecule has 1 aliphatic carbocycles. The average Bonchev–Trinajstić information content (AvgIpc) is 3.28. The summed E-state index contributed by atoms with van der Waals surface area (Å²) in [5.74, 6) is -0.463. The van der Waals surface area contributed by atoms with E-state index in [4.69, 9.17) is 0 Å². The normalized spacial score (nSPS) is 23.7. The minimum atomic E-state index is -4.50. The molecule has 4 rings (SSSR count). The lowest BCUT2D eigenvalue weighted by atomic mass is 10.0. The molecular formula is C20H18F3N3O2. The molecule has 2 amide bonds. The second kappa shape index (κ2) is 6.92. The molecule has 1 aliphatic heterocycles. The number of hydrogen-bond acceptors (Lipinski definition) is 3. The van der Waals surface area contributed by atoms with E-state index in [1.54, 1.807) is 23.2 Å². The van der Waals surface area contributed by atoms with Gasteiger partial charge < -0.3 is 10.2 Å². The van der Waals surface area contributed by atoms with E-state index < -0.39 is 17.6 Å². The van der Waals surface area contributed by atoms with E-state index in [2.05, 4.69) is 10.3 Å². The number of benzene rings is 1. The quantitative estimate of drug-likeness (QED) is 0.877. The summed E-state index contributed by atoms with van der Waals surface area (Å²) in [5, 5.41) is 2.95. The Morgan fingerprint density at radius 3 is 2.57 bits per heavy atom. The standard InChI is InChI=1S/C20H18F3N3O2/c21-20(22,23)15-5-1-3-13(9-15)19(28)26-11-12-7-16(17(26)8-12)25-18(27)14-4-2-6-24-10-14/h1-6,9-10,12,16-17H,7-8,11H2,(H,25,27)/t12-,16+,17-/m1/s1. The number of nitrogens with zero attached hydrogens (tertiary/aromatic N) is 2. The van der Waals surface area contributed by atoms with E-state index in [1.807, 2.05) is 0 Å². The predicted molar refractivity (Wildman–Crippen MR) is 94.5 cm³/mol. The van der Waals surface area contributed by atoms with Crippen LogP contribution in [0.5, 0.6) is 0 Å². The third-order valence-corrected chi connectivity index (χ3v) is 5.42. The first-order valence-corrected chi connectivity index (χ1v) is 9.02. The predicted octanol–water partition coefficient (Wildman–Crippen LogP) is 3.13. The molecule has 146 valence electrons. The van der Waals surface area contributed by atoms with Gasteiger partial charge in [0.15, 0.2) is 0 Å². The average molecular weight is 389 g/mol. The highest BCUT2D eigenvalue weighted by Crippen LogP contribution is 2.39. The molecule has 1 saturated heterocycles. The number of amides is 2. The Morgan fingerprint density at radius 2 is 1.89 bits per heavy atom. The SMILES string of the molecule is O=C(N[C@H]1C[C@@H]2C[C@H]1N(C(=O)c1cccc(C(F)(F)F)c1)C2)c1cccnc1. The lowest BCUT2D eigenvalue weighted by Crippen LogP contribution is -2.52. The Balaban J connectivity index is 1.49. The van der Waals surface area contributed by atoms with Gasteiger partial charge in [0.05, 0.1) is 17.2 Å². The van der Waals surface area contributed by atoms with Crippen molar-refractivity contribution in [1.82, 2.24) is 15.2 Å². The van der Waals surface area contributed by atoms with Gasteiger partial charge in [-0.1, -0.05) is 6.07 Å². The molecule has 5 nitrogen and oxygen atoms in total. The zero-order valence-corrected chi connectivity index (χ0v) is 14.8. The van der Waals surface area contributed by atoms with Gasteiger partial charge in [-0.25, -0.2) is 0 Å². The number of carbonyl (C=O) groups excluding carboxylic acids is 2. The topological polar surface area (TPSA) is 62.3 Å². The van der Waals surface area contributed by atoms with E-state index in [-0.39, 0.29) is 29.5 Å². The molecule has 2 aliphatic rings. The van der Waals surface area contributed by atoms with Crippen molar-refractivity contribution >= 4 is 11.8 Å². The third-order valence-electron chi connectivity index (χ3n) is 5.42. The van der Waals surface area contributed by atoms with Crippen molar-refractivity contribution < 1.29 is 22.8 Å². The van der Waals surface area contributed by atoms with Crippen molar-refractivity contribution in [3.05, 3.63) is 65.5 Å². The lowest BCUT2D eigenvalue weighted by molar-refractivity contribution is -0.137. The summed E-state index contributed by atoms with van der Waals surface area (Å²) < 4.78 is 38.8. The van der Waals surface area contributed by atoms with Gasteiger partial charge in [0, 0.05) is 30.5 Å². The molecule has 2 heterocycles. The number of piperidine rings is 1. The molecule has 0 radical (unpaired) electrons. The molecule has 2 aromatic rings. The third kappa shape index (κ3) is 3.46. The second-order valence-electron chi connectivity index (χ2n) is 7.26. The minimum absolute atomic E-state index is 0.0136. The first-order valence-electron chi connectivity index (χ1n) is 9.02. The van der Waals surface area contributed by atoms with Gasteiger partial charge in [-0.15, -0.1) is 0 Å². The summed E-state index contributed by atoms with van der Waals surface area (Å²) in [4.78, 5) is 30.8. The van der Waals surface area contributed by atoms with Gasteiger partial charge in [0.25, 0.3) is 11.8 Å². The lowest BCUT2D eigenvalue weighted by Gasteiger charge is -2.34. The van der Waals surface area contributed by atoms with Crippen molar-refractivity contribution in [2.24, 2.45) is 5.92 Å². The molecule has 2 fully saturated rings. The monoisotopic (exact) mass is 389 g/mol. The Kier molecular flexibility index (Phi) is 4.56. The summed E-state index contributed by atoms with van der Waals surface area (Å²) in [5.41, 5.74) is -0.398. The molecule has 28 heavy (non-hydrogen) atoms. The summed E-state index contributed by atoms with van der Waals surface area (Å²) in [6.07, 6.45) is 0.0319. The highest BCUT2D eigenvalue weighted by molar-refractivity contribution is 5.96. The van der Waals surface area contributed by atoms with Crippen LogP contribution in [-0.2, 0) is 6.18 Å². The molecule has 2 bridgehead atoms. The van der Waals surface area contributed by atoms with E-state index >= 15 is 0 Å². The molecule has 1 aromatic carbocycles. The molecule has 0 unspecified atom stereocenters. The van der Waals surface area contributed by atoms with Crippen LogP contribution in [0.25, 0.3) is 0 Å². The minimum Gasteiger partial charge on any atom is -0.347 e.